The molecular formula is C22H17F2N3O3. The standard InChI is InChI=1S/C22H17F2N3O3/c23-14-1-3-15(4-2-14)26-20(28)22(9-10-22)21(29)27-19-6-5-17(13-18(19)24)30-16-7-11-25-12-8-16/h1-8,11-13H,9-10H2,(H,26,28)(H,27,29). The molecule has 1 aliphatic carbocycles. The summed E-state index contributed by atoms with van der Waals surface area (Å²) in [6.45, 7) is 0. The summed E-state index contributed by atoms with van der Waals surface area (Å²) in [6, 6.07) is 12.5. The van der Waals surface area contributed by atoms with Gasteiger partial charge < -0.3 is 15.4 Å². The van der Waals surface area contributed by atoms with E-state index in [-0.39, 0.29) is 11.4 Å². The van der Waals surface area contributed by atoms with Crippen LogP contribution in [0.5, 0.6) is 11.5 Å². The average Bonchev–Trinajstić information content (AvgIpc) is 3.55. The predicted octanol–water partition coefficient (Wildman–Crippen LogP) is 4.51. The fraction of sp³-hybridized carbons (Fsp3) is 0.136. The van der Waals surface area contributed by atoms with E-state index in [4.69, 9.17) is 4.74 Å². The van der Waals surface area contributed by atoms with E-state index in [0.717, 1.165) is 6.07 Å². The topological polar surface area (TPSA) is 80.3 Å². The number of carbonyl (C=O) groups excluding carboxylic acids is 2. The van der Waals surface area contributed by atoms with Crippen LogP contribution in [0.2, 0.25) is 0 Å². The van der Waals surface area contributed by atoms with Crippen LogP contribution in [0.3, 0.4) is 0 Å². The molecule has 1 aromatic heterocycles. The van der Waals surface area contributed by atoms with Crippen LogP contribution >= 0.6 is 0 Å². The number of hydrogen-bond acceptors (Lipinski definition) is 4. The van der Waals surface area contributed by atoms with Crippen LogP contribution in [-0.4, -0.2) is 16.8 Å². The molecule has 2 amide bonds. The Labute approximate surface area is 170 Å². The van der Waals surface area contributed by atoms with Gasteiger partial charge in [0.15, 0.2) is 0 Å². The van der Waals surface area contributed by atoms with Gasteiger partial charge in [0.25, 0.3) is 0 Å². The third-order valence-corrected chi connectivity index (χ3v) is 4.80. The number of rotatable bonds is 6. The average molecular weight is 409 g/mol. The highest BCUT2D eigenvalue weighted by atomic mass is 19.1. The maximum Gasteiger partial charge on any atom is 0.240 e. The molecule has 6 nitrogen and oxygen atoms in total. The molecule has 30 heavy (non-hydrogen) atoms. The first-order valence-electron chi connectivity index (χ1n) is 9.22. The zero-order valence-corrected chi connectivity index (χ0v) is 15.7. The van der Waals surface area contributed by atoms with Crippen molar-refractivity contribution in [2.45, 2.75) is 12.8 Å². The molecule has 2 N–H and O–H groups in total. The minimum atomic E-state index is -1.27. The van der Waals surface area contributed by atoms with Crippen molar-refractivity contribution < 1.29 is 23.1 Å². The Morgan fingerprint density at radius 2 is 1.53 bits per heavy atom. The summed E-state index contributed by atoms with van der Waals surface area (Å²) in [7, 11) is 0. The molecule has 1 heterocycles. The van der Waals surface area contributed by atoms with Crippen molar-refractivity contribution in [2.24, 2.45) is 5.41 Å². The van der Waals surface area contributed by atoms with Crippen molar-refractivity contribution in [3.63, 3.8) is 0 Å². The summed E-state index contributed by atoms with van der Waals surface area (Å²) in [5, 5.41) is 5.08. The van der Waals surface area contributed by atoms with E-state index in [1.54, 1.807) is 24.5 Å². The number of pyridine rings is 1. The number of benzene rings is 2. The summed E-state index contributed by atoms with van der Waals surface area (Å²) in [4.78, 5) is 29.1. The summed E-state index contributed by atoms with van der Waals surface area (Å²) in [6.07, 6.45) is 3.78. The van der Waals surface area contributed by atoms with Gasteiger partial charge in [0.05, 0.1) is 5.69 Å². The van der Waals surface area contributed by atoms with E-state index in [1.807, 2.05) is 0 Å². The minimum Gasteiger partial charge on any atom is -0.457 e. The second kappa shape index (κ2) is 7.90. The molecule has 0 spiro atoms. The van der Waals surface area contributed by atoms with Crippen LogP contribution in [0.15, 0.2) is 67.0 Å². The van der Waals surface area contributed by atoms with E-state index in [9.17, 15) is 18.4 Å². The highest BCUT2D eigenvalue weighted by Gasteiger charge is 2.56. The van der Waals surface area contributed by atoms with Gasteiger partial charge in [-0.1, -0.05) is 0 Å². The zero-order valence-electron chi connectivity index (χ0n) is 15.7. The Balaban J connectivity index is 1.42. The Morgan fingerprint density at radius 3 is 2.17 bits per heavy atom. The molecule has 3 aromatic rings. The maximum atomic E-state index is 14.5. The van der Waals surface area contributed by atoms with Crippen molar-refractivity contribution in [3.8, 4) is 11.5 Å². The van der Waals surface area contributed by atoms with Gasteiger partial charge in [-0.05, 0) is 61.4 Å². The van der Waals surface area contributed by atoms with Crippen molar-refractivity contribution in [1.29, 1.82) is 0 Å². The first-order valence-corrected chi connectivity index (χ1v) is 9.22. The number of halogens is 2. The Bertz CT molecular complexity index is 1080. The molecular weight excluding hydrogens is 392 g/mol. The lowest BCUT2D eigenvalue weighted by molar-refractivity contribution is -0.131. The molecule has 1 fully saturated rings. The van der Waals surface area contributed by atoms with Crippen LogP contribution in [0, 0.1) is 17.0 Å². The van der Waals surface area contributed by atoms with Gasteiger partial charge in [0.1, 0.15) is 28.5 Å². The lowest BCUT2D eigenvalue weighted by Crippen LogP contribution is -2.35. The van der Waals surface area contributed by atoms with Gasteiger partial charge in [0.2, 0.25) is 11.8 Å². The van der Waals surface area contributed by atoms with Gasteiger partial charge in [-0.3, -0.25) is 14.6 Å². The maximum absolute atomic E-state index is 14.5. The molecule has 0 radical (unpaired) electrons. The van der Waals surface area contributed by atoms with Crippen LogP contribution in [0.25, 0.3) is 0 Å². The minimum absolute atomic E-state index is 0.0528. The third kappa shape index (κ3) is 4.12. The van der Waals surface area contributed by atoms with E-state index in [1.165, 1.54) is 36.4 Å². The summed E-state index contributed by atoms with van der Waals surface area (Å²) in [5.74, 6) is -1.47. The van der Waals surface area contributed by atoms with E-state index in [0.29, 0.717) is 24.3 Å². The lowest BCUT2D eigenvalue weighted by Gasteiger charge is -2.16. The van der Waals surface area contributed by atoms with Crippen LogP contribution in [0.1, 0.15) is 12.8 Å². The Hall–Kier alpha value is -3.81. The largest absolute Gasteiger partial charge is 0.457 e. The summed E-state index contributed by atoms with van der Waals surface area (Å²) < 4.78 is 33.0. The van der Waals surface area contributed by atoms with E-state index >= 15 is 0 Å². The van der Waals surface area contributed by atoms with Crippen LogP contribution in [0.4, 0.5) is 20.2 Å². The normalized spacial score (nSPS) is 13.9. The molecule has 0 saturated heterocycles. The van der Waals surface area contributed by atoms with Gasteiger partial charge in [-0.15, -0.1) is 0 Å². The first-order chi connectivity index (χ1) is 14.5. The molecule has 0 aliphatic heterocycles. The van der Waals surface area contributed by atoms with Crippen LogP contribution in [-0.2, 0) is 9.59 Å². The number of hydrogen-bond donors (Lipinski definition) is 2. The monoisotopic (exact) mass is 409 g/mol. The number of carbonyl (C=O) groups is 2. The Kier molecular flexibility index (Phi) is 5.14. The van der Waals surface area contributed by atoms with Crippen molar-refractivity contribution in [3.05, 3.63) is 78.6 Å². The molecule has 0 atom stereocenters. The molecule has 0 unspecified atom stereocenters. The summed E-state index contributed by atoms with van der Waals surface area (Å²) in [5.41, 5.74) is -0.945. The van der Waals surface area contributed by atoms with E-state index in [2.05, 4.69) is 15.6 Å². The quantitative estimate of drug-likeness (QED) is 0.587. The second-order valence-electron chi connectivity index (χ2n) is 6.92. The number of ether oxygens (including phenoxy) is 1. The molecule has 1 aliphatic rings. The van der Waals surface area contributed by atoms with Crippen molar-refractivity contribution in [2.75, 3.05) is 10.6 Å². The smallest absolute Gasteiger partial charge is 0.240 e. The number of nitrogens with zero attached hydrogens (tertiary/aromatic N) is 1. The van der Waals surface area contributed by atoms with Gasteiger partial charge in [0, 0.05) is 24.1 Å². The number of amides is 2. The molecule has 1 saturated carbocycles. The van der Waals surface area contributed by atoms with Crippen molar-refractivity contribution >= 4 is 23.2 Å². The predicted molar refractivity (Wildman–Crippen MR) is 106 cm³/mol. The molecule has 0 bridgehead atoms. The van der Waals surface area contributed by atoms with Gasteiger partial charge >= 0.3 is 0 Å². The Morgan fingerprint density at radius 1 is 0.867 bits per heavy atom. The summed E-state index contributed by atoms with van der Waals surface area (Å²) >= 11 is 0. The van der Waals surface area contributed by atoms with Gasteiger partial charge in [-0.2, -0.15) is 0 Å². The molecule has 2 aromatic carbocycles. The number of nitrogens with one attached hydrogen (secondary N) is 2. The highest BCUT2D eigenvalue weighted by molar-refractivity contribution is 6.16. The van der Waals surface area contributed by atoms with Gasteiger partial charge in [-0.25, -0.2) is 8.78 Å². The number of anilines is 2. The molecule has 4 rings (SSSR count). The third-order valence-electron chi connectivity index (χ3n) is 4.80. The first kappa shape index (κ1) is 19.5. The lowest BCUT2D eigenvalue weighted by atomic mass is 10.0. The number of aromatic nitrogens is 1. The fourth-order valence-electron chi connectivity index (χ4n) is 2.91. The SMILES string of the molecule is O=C(Nc1ccc(F)cc1)C1(C(=O)Nc2ccc(Oc3ccncc3)cc2F)CC1. The molecule has 8 heteroatoms. The molecule has 152 valence electrons. The van der Waals surface area contributed by atoms with Crippen LogP contribution < -0.4 is 15.4 Å². The van der Waals surface area contributed by atoms with Crippen molar-refractivity contribution in [1.82, 2.24) is 4.98 Å². The van der Waals surface area contributed by atoms with E-state index < -0.39 is 28.9 Å². The fourth-order valence-corrected chi connectivity index (χ4v) is 2.91. The zero-order chi connectivity index (χ0) is 21.1. The second-order valence-corrected chi connectivity index (χ2v) is 6.92. The highest BCUT2D eigenvalue weighted by Crippen LogP contribution is 2.47.